The molecule has 0 bridgehead atoms. The molecule has 120 valence electrons. The van der Waals surface area contributed by atoms with E-state index in [4.69, 9.17) is 0 Å². The van der Waals surface area contributed by atoms with E-state index >= 15 is 0 Å². The average molecular weight is 321 g/mol. The number of rotatable bonds is 4. The van der Waals surface area contributed by atoms with Gasteiger partial charge in [-0.05, 0) is 40.8 Å². The van der Waals surface area contributed by atoms with Gasteiger partial charge in [-0.1, -0.05) is 30.3 Å². The fourth-order valence-corrected chi connectivity index (χ4v) is 2.72. The van der Waals surface area contributed by atoms with Gasteiger partial charge in [0.05, 0.1) is 6.04 Å². The first-order valence-electron chi connectivity index (χ1n) is 7.10. The van der Waals surface area contributed by atoms with Gasteiger partial charge in [0.25, 0.3) is 0 Å². The highest BCUT2D eigenvalue weighted by molar-refractivity contribution is 5.64. The van der Waals surface area contributed by atoms with Crippen LogP contribution in [0.5, 0.6) is 5.75 Å². The Kier molecular flexibility index (Phi) is 4.09. The normalized spacial score (nSPS) is 16.9. The van der Waals surface area contributed by atoms with Crippen LogP contribution in [0.25, 0.3) is 0 Å². The molecule has 0 aliphatic carbocycles. The van der Waals surface area contributed by atoms with Crippen molar-refractivity contribution in [3.05, 3.63) is 64.7 Å². The van der Waals surface area contributed by atoms with Crippen molar-refractivity contribution >= 4 is 6.29 Å². The lowest BCUT2D eigenvalue weighted by Gasteiger charge is -2.10. The zero-order valence-electron chi connectivity index (χ0n) is 12.1. The summed E-state index contributed by atoms with van der Waals surface area (Å²) in [7, 11) is 0. The highest BCUT2D eigenvalue weighted by Gasteiger charge is 2.30. The number of carbonyl (C=O) groups is 1. The highest BCUT2D eigenvalue weighted by atomic mass is 19.4. The number of nitrogens with one attached hydrogen (secondary N) is 1. The lowest BCUT2D eigenvalue weighted by Crippen LogP contribution is -2.17. The summed E-state index contributed by atoms with van der Waals surface area (Å²) in [6.07, 6.45) is -3.19. The SMILES string of the molecule is O=CC1NCc2cc(Cc3ccc(OC(F)(F)F)cc3)ccc21. The molecular formula is C17H14F3NO2. The molecule has 2 aromatic carbocycles. The van der Waals surface area contributed by atoms with Crippen molar-refractivity contribution in [2.75, 3.05) is 0 Å². The van der Waals surface area contributed by atoms with Gasteiger partial charge < -0.3 is 9.53 Å². The van der Waals surface area contributed by atoms with E-state index in [-0.39, 0.29) is 11.8 Å². The Morgan fingerprint density at radius 2 is 1.83 bits per heavy atom. The Labute approximate surface area is 131 Å². The molecule has 0 saturated heterocycles. The van der Waals surface area contributed by atoms with Gasteiger partial charge in [0.15, 0.2) is 0 Å². The van der Waals surface area contributed by atoms with Crippen molar-refractivity contribution in [1.82, 2.24) is 5.32 Å². The largest absolute Gasteiger partial charge is 0.573 e. The molecule has 0 saturated carbocycles. The van der Waals surface area contributed by atoms with Crippen LogP contribution in [-0.4, -0.2) is 12.6 Å². The highest BCUT2D eigenvalue weighted by Crippen LogP contribution is 2.27. The molecule has 1 heterocycles. The van der Waals surface area contributed by atoms with E-state index in [2.05, 4.69) is 10.1 Å². The van der Waals surface area contributed by atoms with E-state index in [0.29, 0.717) is 13.0 Å². The molecule has 1 unspecified atom stereocenters. The van der Waals surface area contributed by atoms with Crippen LogP contribution < -0.4 is 10.1 Å². The third-order valence-electron chi connectivity index (χ3n) is 3.76. The molecule has 1 aliphatic heterocycles. The first kappa shape index (κ1) is 15.6. The first-order valence-corrected chi connectivity index (χ1v) is 7.10. The molecule has 0 amide bonds. The topological polar surface area (TPSA) is 38.3 Å². The standard InChI is InChI=1S/C17H14F3NO2/c18-17(19,20)23-14-4-1-11(2-5-14)7-12-3-6-15-13(8-12)9-21-16(15)10-22/h1-6,8,10,16,21H,7,9H2. The lowest BCUT2D eigenvalue weighted by molar-refractivity contribution is -0.274. The molecule has 0 fully saturated rings. The fourth-order valence-electron chi connectivity index (χ4n) is 2.72. The summed E-state index contributed by atoms with van der Waals surface area (Å²) in [5.74, 6) is -0.228. The minimum Gasteiger partial charge on any atom is -0.406 e. The van der Waals surface area contributed by atoms with Gasteiger partial charge in [0, 0.05) is 6.54 Å². The van der Waals surface area contributed by atoms with Crippen LogP contribution in [0.2, 0.25) is 0 Å². The zero-order valence-corrected chi connectivity index (χ0v) is 12.1. The van der Waals surface area contributed by atoms with Crippen molar-refractivity contribution in [3.63, 3.8) is 0 Å². The third-order valence-corrected chi connectivity index (χ3v) is 3.76. The average Bonchev–Trinajstić information content (AvgIpc) is 2.90. The van der Waals surface area contributed by atoms with E-state index in [0.717, 1.165) is 28.5 Å². The molecule has 1 atom stereocenters. The number of aldehydes is 1. The van der Waals surface area contributed by atoms with Gasteiger partial charge in [-0.2, -0.15) is 0 Å². The number of hydrogen-bond acceptors (Lipinski definition) is 3. The van der Waals surface area contributed by atoms with Gasteiger partial charge in [-0.25, -0.2) is 0 Å². The molecule has 6 heteroatoms. The first-order chi connectivity index (χ1) is 10.9. The Morgan fingerprint density at radius 3 is 2.48 bits per heavy atom. The van der Waals surface area contributed by atoms with Gasteiger partial charge in [-0.15, -0.1) is 13.2 Å². The van der Waals surface area contributed by atoms with Gasteiger partial charge in [-0.3, -0.25) is 5.32 Å². The van der Waals surface area contributed by atoms with Crippen molar-refractivity contribution in [3.8, 4) is 5.75 Å². The van der Waals surface area contributed by atoms with Gasteiger partial charge >= 0.3 is 6.36 Å². The maximum absolute atomic E-state index is 12.1. The summed E-state index contributed by atoms with van der Waals surface area (Å²) in [4.78, 5) is 10.9. The number of halogens is 3. The second-order valence-corrected chi connectivity index (χ2v) is 5.40. The fraction of sp³-hybridized carbons (Fsp3) is 0.235. The minimum absolute atomic E-state index is 0.228. The molecule has 23 heavy (non-hydrogen) atoms. The third kappa shape index (κ3) is 3.71. The maximum atomic E-state index is 12.1. The van der Waals surface area contributed by atoms with Crippen molar-refractivity contribution < 1.29 is 22.7 Å². The van der Waals surface area contributed by atoms with Crippen molar-refractivity contribution in [1.29, 1.82) is 0 Å². The summed E-state index contributed by atoms with van der Waals surface area (Å²) >= 11 is 0. The number of hydrogen-bond donors (Lipinski definition) is 1. The Balaban J connectivity index is 1.72. The monoisotopic (exact) mass is 321 g/mol. The molecule has 0 aromatic heterocycles. The van der Waals surface area contributed by atoms with E-state index < -0.39 is 6.36 Å². The molecule has 0 radical (unpaired) electrons. The molecule has 0 spiro atoms. The number of ether oxygens (including phenoxy) is 1. The number of fused-ring (bicyclic) bond motifs is 1. The van der Waals surface area contributed by atoms with Crippen LogP contribution in [0.1, 0.15) is 28.3 Å². The summed E-state index contributed by atoms with van der Waals surface area (Å²) in [5, 5.41) is 3.10. The minimum atomic E-state index is -4.68. The lowest BCUT2D eigenvalue weighted by atomic mass is 9.98. The van der Waals surface area contributed by atoms with Crippen molar-refractivity contribution in [2.24, 2.45) is 0 Å². The Bertz CT molecular complexity index is 711. The summed E-state index contributed by atoms with van der Waals surface area (Å²) in [5.41, 5.74) is 3.99. The maximum Gasteiger partial charge on any atom is 0.573 e. The summed E-state index contributed by atoms with van der Waals surface area (Å²) in [6.45, 7) is 0.644. The molecule has 3 nitrogen and oxygen atoms in total. The quantitative estimate of drug-likeness (QED) is 0.876. The molecule has 1 aliphatic rings. The van der Waals surface area contributed by atoms with Crippen LogP contribution in [0.15, 0.2) is 42.5 Å². The summed E-state index contributed by atoms with van der Waals surface area (Å²) in [6, 6.07) is 11.5. The van der Waals surface area contributed by atoms with E-state index in [1.165, 1.54) is 12.1 Å². The van der Waals surface area contributed by atoms with Gasteiger partial charge in [0.1, 0.15) is 12.0 Å². The predicted octanol–water partition coefficient (Wildman–Crippen LogP) is 3.52. The Morgan fingerprint density at radius 1 is 1.13 bits per heavy atom. The molecule has 1 N–H and O–H groups in total. The van der Waals surface area contributed by atoms with Crippen LogP contribution in [0, 0.1) is 0 Å². The number of alkyl halides is 3. The summed E-state index contributed by atoms with van der Waals surface area (Å²) < 4.78 is 40.2. The predicted molar refractivity (Wildman–Crippen MR) is 78.0 cm³/mol. The Hall–Kier alpha value is -2.34. The van der Waals surface area contributed by atoms with Crippen LogP contribution >= 0.6 is 0 Å². The number of benzene rings is 2. The smallest absolute Gasteiger partial charge is 0.406 e. The van der Waals surface area contributed by atoms with E-state index in [9.17, 15) is 18.0 Å². The second-order valence-electron chi connectivity index (χ2n) is 5.40. The van der Waals surface area contributed by atoms with Gasteiger partial charge in [0.2, 0.25) is 0 Å². The van der Waals surface area contributed by atoms with E-state index in [1.807, 2.05) is 18.2 Å². The second kappa shape index (κ2) is 6.04. The van der Waals surface area contributed by atoms with Crippen molar-refractivity contribution in [2.45, 2.75) is 25.4 Å². The molecular weight excluding hydrogens is 307 g/mol. The zero-order chi connectivity index (χ0) is 16.4. The van der Waals surface area contributed by atoms with Crippen LogP contribution in [0.3, 0.4) is 0 Å². The molecule has 3 rings (SSSR count). The van der Waals surface area contributed by atoms with Crippen LogP contribution in [0.4, 0.5) is 13.2 Å². The number of carbonyl (C=O) groups excluding carboxylic acids is 1. The van der Waals surface area contributed by atoms with Crippen LogP contribution in [-0.2, 0) is 17.8 Å². The molecule has 2 aromatic rings. The van der Waals surface area contributed by atoms with E-state index in [1.54, 1.807) is 12.1 Å².